The Morgan fingerprint density at radius 2 is 0.791 bits per heavy atom. The summed E-state index contributed by atoms with van der Waals surface area (Å²) in [7, 11) is -11.5. The second kappa shape index (κ2) is 46.4. The Morgan fingerprint density at radius 3 is 1.22 bits per heavy atom. The molecule has 1 fully saturated rings. The third-order valence-electron chi connectivity index (χ3n) is 21.6. The maximum absolute atomic E-state index is 11.7. The number of carbonyl (C=O) groups excluding carboxylic acids is 1. The highest BCUT2D eigenvalue weighted by Crippen LogP contribution is 2.50. The number of carbonyl (C=O) groups is 3. The van der Waals surface area contributed by atoms with Crippen molar-refractivity contribution in [3.63, 3.8) is 0 Å². The van der Waals surface area contributed by atoms with Crippen LogP contribution in [0.15, 0.2) is 269 Å². The van der Waals surface area contributed by atoms with Crippen molar-refractivity contribution in [3.8, 4) is 86.2 Å². The highest BCUT2D eigenvalue weighted by molar-refractivity contribution is 7.89. The number of benzene rings is 12. The van der Waals surface area contributed by atoms with Gasteiger partial charge in [0.15, 0.2) is 11.5 Å². The van der Waals surface area contributed by atoms with Crippen LogP contribution >= 0.6 is 0 Å². The molecule has 0 spiro atoms. The largest absolute Gasteiger partial charge is 0.508 e. The van der Waals surface area contributed by atoms with Crippen LogP contribution in [0.1, 0.15) is 200 Å². The van der Waals surface area contributed by atoms with Crippen LogP contribution in [0.3, 0.4) is 0 Å². The number of primary sulfonamides is 3. The topological polar surface area (TPSA) is 576 Å². The van der Waals surface area contributed by atoms with Crippen molar-refractivity contribution in [1.82, 2.24) is 0 Å². The summed E-state index contributed by atoms with van der Waals surface area (Å²) in [4.78, 5) is 30.6. The maximum Gasteiger partial charge on any atom is 0.336 e. The van der Waals surface area contributed by atoms with Gasteiger partial charge in [-0.25, -0.2) is 50.3 Å². The van der Waals surface area contributed by atoms with E-state index in [1.54, 1.807) is 121 Å². The van der Waals surface area contributed by atoms with Crippen molar-refractivity contribution in [2.75, 3.05) is 0 Å². The predicted octanol–water partition coefficient (Wildman–Crippen LogP) is 17.1. The van der Waals surface area contributed by atoms with Crippen LogP contribution < -0.4 is 15.4 Å². The standard InChI is InChI=1S/C21H26O4.C20H24O4.C19H17NO4S.C18H20O3.2C6H7NO4S.C6H6O2.CH2O/c1-3-4-5-6-13-21(2,15-7-9-16(22)10-8-15)19-12-11-17(23)14-18(19)20(24)25;1-5-12(2)15-10-13(6-9-18(15)22)20(3,4)17-8-7-14(21)11-16(17)19(23)24;20-25(23,24)18-11-5-15(6-12-18)19(13-1-7-16(21)8-2-13)14-3-9-17(22)10-4-14;19-14-6-4-13(5-7-14)18(10-2-1-3-11-18)16-9-8-15(20)12-17(16)21;7-12(10,11)6-2-4(8)1-5(9)3-6;7-12(10,11)6-2-1-4(8)3-5(6)9;7-5-3-1-2-4-6(5)8;1-2/h7-12,14,22-23H,3-6,13H2,1-2H3,(H,24,25);6-12,21-22H,5H2,1-4H3,(H,23,24);1-12,19,21-22H,(H2,20,23,24);4-9,12,19-21H,1-3,10-11H2;2*1-3,8-9H,(H2,7,10,11);1-4,7-8H;1H2. The average Bonchev–Trinajstić information content (AvgIpc) is 0.764. The van der Waals surface area contributed by atoms with Gasteiger partial charge in [0.05, 0.1) is 20.9 Å². The fraction of sp³-hybridized carbons (Fsp3) is 0.227. The van der Waals surface area contributed by atoms with Crippen LogP contribution in [0.4, 0.5) is 0 Å². The van der Waals surface area contributed by atoms with Gasteiger partial charge in [-0.3, -0.25) is 0 Å². The number of para-hydroxylation sites is 2. The molecule has 686 valence electrons. The van der Waals surface area contributed by atoms with Crippen molar-refractivity contribution in [3.05, 3.63) is 322 Å². The summed E-state index contributed by atoms with van der Waals surface area (Å²) >= 11 is 0. The Morgan fingerprint density at radius 1 is 0.388 bits per heavy atom. The summed E-state index contributed by atoms with van der Waals surface area (Å²) in [5.41, 5.74) is 7.59. The second-order valence-corrected chi connectivity index (χ2v) is 35.7. The zero-order valence-electron chi connectivity index (χ0n) is 71.6. The van der Waals surface area contributed by atoms with Crippen LogP contribution in [0.2, 0.25) is 0 Å². The van der Waals surface area contributed by atoms with Gasteiger partial charge in [-0.15, -0.1) is 0 Å². The minimum atomic E-state index is -3.91. The Bertz CT molecular complexity index is 6010. The summed E-state index contributed by atoms with van der Waals surface area (Å²) in [5.74, 6) is -2.62. The van der Waals surface area contributed by atoms with Crippen molar-refractivity contribution in [2.24, 2.45) is 15.4 Å². The van der Waals surface area contributed by atoms with Crippen LogP contribution in [0.25, 0.3) is 0 Å². The Balaban J connectivity index is 0.000000237. The third-order valence-corrected chi connectivity index (χ3v) is 24.4. The number of sulfonamides is 3. The number of hydrogen-bond donors (Lipinski definition) is 20. The van der Waals surface area contributed by atoms with Crippen molar-refractivity contribution >= 4 is 48.8 Å². The van der Waals surface area contributed by atoms with Crippen LogP contribution in [0.5, 0.6) is 86.2 Å². The quantitative estimate of drug-likeness (QED) is 0.0180. The smallest absolute Gasteiger partial charge is 0.336 e. The molecule has 23 N–H and O–H groups in total. The van der Waals surface area contributed by atoms with E-state index in [2.05, 4.69) is 20.8 Å². The van der Waals surface area contributed by atoms with Crippen LogP contribution in [0, 0.1) is 0 Å². The molecule has 13 rings (SSSR count). The SMILES string of the molecule is C=O.CCC(C)c1cc(C(C)(C)c2ccc(O)cc2C(=O)O)ccc1O.CCCCCCC(C)(c1ccc(O)cc1)c1ccc(O)cc1C(=O)O.NS(=O)(=O)c1cc(O)cc(O)c1.NS(=O)(=O)c1ccc(C(c2ccc(O)cc2)c2ccc(O)cc2)cc1.NS(=O)(=O)c1ccc(O)cc1O.Oc1ccc(C2(c3ccc(O)cc3O)CCCCC2)cc1.Oc1ccccc1O. The zero-order chi connectivity index (χ0) is 96.1. The molecule has 29 nitrogen and oxygen atoms in total. The summed E-state index contributed by atoms with van der Waals surface area (Å²) < 4.78 is 65.7. The van der Waals surface area contributed by atoms with Gasteiger partial charge >= 0.3 is 11.9 Å². The number of carboxylic acid groups (broad SMARTS) is 2. The normalized spacial score (nSPS) is 12.8. The highest BCUT2D eigenvalue weighted by atomic mass is 32.2. The summed E-state index contributed by atoms with van der Waals surface area (Å²) in [5, 5.41) is 174. The molecule has 0 aliphatic heterocycles. The first-order valence-corrected chi connectivity index (χ1v) is 44.9. The predicted molar refractivity (Wildman–Crippen MR) is 488 cm³/mol. The van der Waals surface area contributed by atoms with Gasteiger partial charge in [-0.1, -0.05) is 190 Å². The van der Waals surface area contributed by atoms with E-state index in [-0.39, 0.29) is 119 Å². The molecule has 129 heavy (non-hydrogen) atoms. The fourth-order valence-electron chi connectivity index (χ4n) is 14.6. The first-order chi connectivity index (χ1) is 60.6. The van der Waals surface area contributed by atoms with Gasteiger partial charge in [0, 0.05) is 58.1 Å². The number of nitrogens with two attached hydrogens (primary N) is 3. The summed E-state index contributed by atoms with van der Waals surface area (Å²) in [6.45, 7) is 14.2. The van der Waals surface area contributed by atoms with Gasteiger partial charge in [0.2, 0.25) is 30.1 Å². The number of phenols is 15. The Labute approximate surface area is 749 Å². The minimum Gasteiger partial charge on any atom is -0.508 e. The molecule has 0 heterocycles. The first kappa shape index (κ1) is 104. The number of carboxylic acids is 2. The summed E-state index contributed by atoms with van der Waals surface area (Å²) in [6, 6.07) is 65.6. The maximum atomic E-state index is 11.7. The number of phenolic OH excluding ortho intramolecular Hbond substituents is 15. The average molecular weight is 1830 g/mol. The zero-order valence-corrected chi connectivity index (χ0v) is 74.1. The molecule has 1 aliphatic carbocycles. The molecular weight excluding hydrogens is 1720 g/mol. The second-order valence-electron chi connectivity index (χ2n) is 31.0. The van der Waals surface area contributed by atoms with Gasteiger partial charge < -0.3 is 91.6 Å². The molecule has 0 aromatic heterocycles. The molecule has 2 atom stereocenters. The third kappa shape index (κ3) is 29.3. The minimum absolute atomic E-state index is 0.0476. The molecule has 1 aliphatic rings. The van der Waals surface area contributed by atoms with E-state index in [1.807, 2.05) is 70.0 Å². The van der Waals surface area contributed by atoms with E-state index in [1.165, 1.54) is 61.0 Å². The number of aromatic carboxylic acids is 2. The van der Waals surface area contributed by atoms with E-state index in [9.17, 15) is 91.0 Å². The fourth-order valence-corrected chi connectivity index (χ4v) is 16.3. The molecule has 0 saturated heterocycles. The molecule has 1 saturated carbocycles. The van der Waals surface area contributed by atoms with Gasteiger partial charge in [-0.05, 0) is 203 Å². The lowest BCUT2D eigenvalue weighted by Gasteiger charge is -2.39. The van der Waals surface area contributed by atoms with E-state index in [0.29, 0.717) is 11.1 Å². The van der Waals surface area contributed by atoms with Crippen LogP contribution in [-0.2, 0) is 51.1 Å². The first-order valence-electron chi connectivity index (χ1n) is 40.3. The lowest BCUT2D eigenvalue weighted by atomic mass is 9.65. The van der Waals surface area contributed by atoms with Gasteiger partial charge in [-0.2, -0.15) is 0 Å². The van der Waals surface area contributed by atoms with E-state index >= 15 is 0 Å². The molecule has 12 aromatic carbocycles. The lowest BCUT2D eigenvalue weighted by Crippen LogP contribution is -2.30. The van der Waals surface area contributed by atoms with Crippen molar-refractivity contribution in [1.29, 1.82) is 0 Å². The Hall–Kier alpha value is -14.0. The molecule has 0 radical (unpaired) electrons. The molecule has 12 aromatic rings. The summed E-state index contributed by atoms with van der Waals surface area (Å²) in [6.07, 6.45) is 11.4. The molecule has 2 unspecified atom stereocenters. The van der Waals surface area contributed by atoms with Gasteiger partial charge in [0.25, 0.3) is 0 Å². The van der Waals surface area contributed by atoms with Crippen LogP contribution in [-0.4, -0.2) is 131 Å². The number of rotatable bonds is 21. The monoisotopic (exact) mass is 1830 g/mol. The van der Waals surface area contributed by atoms with Crippen molar-refractivity contribution < 1.29 is 126 Å². The van der Waals surface area contributed by atoms with E-state index in [0.717, 1.165) is 145 Å². The molecule has 0 bridgehead atoms. The number of unbranched alkanes of at least 4 members (excludes halogenated alkanes) is 3. The Kier molecular flexibility index (Phi) is 37.4. The number of aromatic hydroxyl groups is 15. The molecular formula is C97H109N3O26S3. The number of hydrogen-bond acceptors (Lipinski definition) is 24. The van der Waals surface area contributed by atoms with E-state index in [4.69, 9.17) is 50.9 Å². The highest BCUT2D eigenvalue weighted by Gasteiger charge is 2.39. The van der Waals surface area contributed by atoms with E-state index < -0.39 is 63.5 Å². The lowest BCUT2D eigenvalue weighted by molar-refractivity contribution is -0.0980. The molecule has 0 amide bonds. The van der Waals surface area contributed by atoms with Crippen molar-refractivity contribution in [2.45, 2.75) is 155 Å². The van der Waals surface area contributed by atoms with Gasteiger partial charge in [0.1, 0.15) is 86.4 Å². The molecule has 32 heteroatoms.